The summed E-state index contributed by atoms with van der Waals surface area (Å²) >= 11 is 0. The molecular formula is C16H22F2N2O3. The first-order valence-corrected chi connectivity index (χ1v) is 7.72. The number of aliphatic hydroxyl groups excluding tert-OH is 2. The fourth-order valence-electron chi connectivity index (χ4n) is 2.88. The van der Waals surface area contributed by atoms with E-state index in [0.29, 0.717) is 38.2 Å². The number of benzene rings is 1. The molecule has 0 aliphatic carbocycles. The summed E-state index contributed by atoms with van der Waals surface area (Å²) in [5.41, 5.74) is 0.655. The molecule has 23 heavy (non-hydrogen) atoms. The van der Waals surface area contributed by atoms with Gasteiger partial charge in [-0.25, -0.2) is 8.78 Å². The Kier molecular flexibility index (Phi) is 6.44. The SMILES string of the molecule is O=C(CCO)N1CCN(Cc2ccc(F)c(F)c2)C(CCO)C1. The highest BCUT2D eigenvalue weighted by atomic mass is 19.2. The average Bonchev–Trinajstić information content (AvgIpc) is 2.53. The number of rotatable bonds is 6. The summed E-state index contributed by atoms with van der Waals surface area (Å²) in [4.78, 5) is 15.6. The van der Waals surface area contributed by atoms with Crippen molar-refractivity contribution in [2.45, 2.75) is 25.4 Å². The summed E-state index contributed by atoms with van der Waals surface area (Å²) in [6.45, 7) is 1.80. The Labute approximate surface area is 134 Å². The van der Waals surface area contributed by atoms with Gasteiger partial charge in [0, 0.05) is 45.2 Å². The van der Waals surface area contributed by atoms with Crippen molar-refractivity contribution in [3.63, 3.8) is 0 Å². The molecule has 0 saturated carbocycles. The fraction of sp³-hybridized carbons (Fsp3) is 0.562. The molecule has 0 radical (unpaired) electrons. The van der Waals surface area contributed by atoms with Gasteiger partial charge in [0.2, 0.25) is 5.91 Å². The van der Waals surface area contributed by atoms with E-state index in [0.717, 1.165) is 6.07 Å². The van der Waals surface area contributed by atoms with E-state index in [1.165, 1.54) is 12.1 Å². The van der Waals surface area contributed by atoms with Crippen LogP contribution in [0.15, 0.2) is 18.2 Å². The number of carbonyl (C=O) groups is 1. The topological polar surface area (TPSA) is 64.0 Å². The molecule has 0 bridgehead atoms. The second-order valence-corrected chi connectivity index (χ2v) is 5.70. The number of piperazine rings is 1. The third kappa shape index (κ3) is 4.70. The van der Waals surface area contributed by atoms with Gasteiger partial charge in [-0.3, -0.25) is 9.69 Å². The van der Waals surface area contributed by atoms with Gasteiger partial charge >= 0.3 is 0 Å². The van der Waals surface area contributed by atoms with Crippen molar-refractivity contribution < 1.29 is 23.8 Å². The van der Waals surface area contributed by atoms with Crippen LogP contribution in [0.2, 0.25) is 0 Å². The highest BCUT2D eigenvalue weighted by molar-refractivity contribution is 5.76. The summed E-state index contributed by atoms with van der Waals surface area (Å²) < 4.78 is 26.3. The standard InChI is InChI=1S/C16H22F2N2O3/c17-14-2-1-12(9-15(14)18)10-19-5-6-20(16(23)4-8-22)11-13(19)3-7-21/h1-2,9,13,21-22H,3-8,10-11H2. The lowest BCUT2D eigenvalue weighted by Gasteiger charge is -2.41. The predicted octanol–water partition coefficient (Wildman–Crippen LogP) is 0.742. The molecule has 0 aromatic heterocycles. The van der Waals surface area contributed by atoms with Crippen LogP contribution < -0.4 is 0 Å². The van der Waals surface area contributed by atoms with Gasteiger partial charge in [0.25, 0.3) is 0 Å². The van der Waals surface area contributed by atoms with E-state index in [4.69, 9.17) is 5.11 Å². The zero-order chi connectivity index (χ0) is 16.8. The minimum absolute atomic E-state index is 0.0129. The summed E-state index contributed by atoms with van der Waals surface area (Å²) in [5.74, 6) is -1.86. The zero-order valence-corrected chi connectivity index (χ0v) is 12.9. The van der Waals surface area contributed by atoms with Crippen molar-refractivity contribution in [1.29, 1.82) is 0 Å². The second-order valence-electron chi connectivity index (χ2n) is 5.70. The van der Waals surface area contributed by atoms with Crippen LogP contribution in [0, 0.1) is 11.6 Å². The monoisotopic (exact) mass is 328 g/mol. The number of hydrogen-bond acceptors (Lipinski definition) is 4. The molecule has 1 aliphatic rings. The normalized spacial score (nSPS) is 19.1. The van der Waals surface area contributed by atoms with E-state index in [2.05, 4.69) is 4.90 Å². The Morgan fingerprint density at radius 3 is 2.61 bits per heavy atom. The van der Waals surface area contributed by atoms with Crippen LogP contribution in [-0.2, 0) is 11.3 Å². The number of nitrogens with zero attached hydrogens (tertiary/aromatic N) is 2. The van der Waals surface area contributed by atoms with E-state index in [9.17, 15) is 18.7 Å². The van der Waals surface area contributed by atoms with E-state index in [1.807, 2.05) is 0 Å². The molecule has 0 spiro atoms. The molecule has 2 N–H and O–H groups in total. The van der Waals surface area contributed by atoms with Gasteiger partial charge in [0.05, 0.1) is 6.61 Å². The molecule has 5 nitrogen and oxygen atoms in total. The zero-order valence-electron chi connectivity index (χ0n) is 12.9. The van der Waals surface area contributed by atoms with Crippen LogP contribution in [0.5, 0.6) is 0 Å². The van der Waals surface area contributed by atoms with Crippen molar-refractivity contribution in [1.82, 2.24) is 9.80 Å². The van der Waals surface area contributed by atoms with Crippen LogP contribution >= 0.6 is 0 Å². The molecule has 1 heterocycles. The molecule has 1 saturated heterocycles. The first kappa shape index (κ1) is 17.8. The highest BCUT2D eigenvalue weighted by Crippen LogP contribution is 2.18. The summed E-state index contributed by atoms with van der Waals surface area (Å²) in [6, 6.07) is 3.77. The molecular weight excluding hydrogens is 306 g/mol. The largest absolute Gasteiger partial charge is 0.396 e. The van der Waals surface area contributed by atoms with E-state index < -0.39 is 11.6 Å². The number of hydrogen-bond donors (Lipinski definition) is 2. The van der Waals surface area contributed by atoms with Crippen LogP contribution in [0.25, 0.3) is 0 Å². The number of amides is 1. The Morgan fingerprint density at radius 1 is 1.17 bits per heavy atom. The van der Waals surface area contributed by atoms with Crippen molar-refractivity contribution >= 4 is 5.91 Å². The van der Waals surface area contributed by atoms with Crippen molar-refractivity contribution in [2.24, 2.45) is 0 Å². The maximum Gasteiger partial charge on any atom is 0.224 e. The Morgan fingerprint density at radius 2 is 1.96 bits per heavy atom. The van der Waals surface area contributed by atoms with Crippen LogP contribution in [0.4, 0.5) is 8.78 Å². The van der Waals surface area contributed by atoms with E-state index in [-0.39, 0.29) is 31.6 Å². The van der Waals surface area contributed by atoms with Gasteiger partial charge in [0.15, 0.2) is 11.6 Å². The third-order valence-electron chi connectivity index (χ3n) is 4.12. The van der Waals surface area contributed by atoms with Gasteiger partial charge in [-0.2, -0.15) is 0 Å². The summed E-state index contributed by atoms with van der Waals surface area (Å²) in [5, 5.41) is 18.1. The smallest absolute Gasteiger partial charge is 0.224 e. The van der Waals surface area contributed by atoms with Crippen molar-refractivity contribution in [3.8, 4) is 0 Å². The third-order valence-corrected chi connectivity index (χ3v) is 4.12. The van der Waals surface area contributed by atoms with Gasteiger partial charge in [-0.05, 0) is 24.1 Å². The molecule has 1 fully saturated rings. The minimum Gasteiger partial charge on any atom is -0.396 e. The minimum atomic E-state index is -0.877. The van der Waals surface area contributed by atoms with Gasteiger partial charge < -0.3 is 15.1 Å². The Balaban J connectivity index is 2.03. The van der Waals surface area contributed by atoms with Gasteiger partial charge in [-0.15, -0.1) is 0 Å². The van der Waals surface area contributed by atoms with Gasteiger partial charge in [-0.1, -0.05) is 6.07 Å². The second kappa shape index (κ2) is 8.33. The maximum atomic E-state index is 13.3. The van der Waals surface area contributed by atoms with Gasteiger partial charge in [0.1, 0.15) is 0 Å². The molecule has 128 valence electrons. The quantitative estimate of drug-likeness (QED) is 0.809. The Hall–Kier alpha value is -1.57. The van der Waals surface area contributed by atoms with Crippen molar-refractivity contribution in [3.05, 3.63) is 35.4 Å². The molecule has 2 rings (SSSR count). The first-order chi connectivity index (χ1) is 11.0. The van der Waals surface area contributed by atoms with Crippen LogP contribution in [-0.4, -0.2) is 64.8 Å². The predicted molar refractivity (Wildman–Crippen MR) is 80.5 cm³/mol. The molecule has 1 aromatic carbocycles. The number of carbonyl (C=O) groups excluding carboxylic acids is 1. The van der Waals surface area contributed by atoms with Crippen molar-refractivity contribution in [2.75, 3.05) is 32.8 Å². The lowest BCUT2D eigenvalue weighted by molar-refractivity contribution is -0.135. The molecule has 1 atom stereocenters. The fourth-order valence-corrected chi connectivity index (χ4v) is 2.88. The lowest BCUT2D eigenvalue weighted by Crippen LogP contribution is -2.54. The summed E-state index contributed by atoms with van der Waals surface area (Å²) in [6.07, 6.45) is 0.585. The highest BCUT2D eigenvalue weighted by Gasteiger charge is 2.29. The molecule has 7 heteroatoms. The average molecular weight is 328 g/mol. The molecule has 1 aliphatic heterocycles. The lowest BCUT2D eigenvalue weighted by atomic mass is 10.1. The molecule has 1 amide bonds. The number of halogens is 2. The number of aliphatic hydroxyl groups is 2. The Bertz CT molecular complexity index is 542. The van der Waals surface area contributed by atoms with E-state index in [1.54, 1.807) is 4.90 Å². The first-order valence-electron chi connectivity index (χ1n) is 7.72. The van der Waals surface area contributed by atoms with Crippen LogP contribution in [0.1, 0.15) is 18.4 Å². The van der Waals surface area contributed by atoms with Crippen LogP contribution in [0.3, 0.4) is 0 Å². The molecule has 1 unspecified atom stereocenters. The summed E-state index contributed by atoms with van der Waals surface area (Å²) in [7, 11) is 0. The molecule has 1 aromatic rings. The maximum absolute atomic E-state index is 13.3. The van der Waals surface area contributed by atoms with E-state index >= 15 is 0 Å².